The first-order valence-corrected chi connectivity index (χ1v) is 8.30. The fourth-order valence-electron chi connectivity index (χ4n) is 3.53. The summed E-state index contributed by atoms with van der Waals surface area (Å²) in [6.45, 7) is 7.39. The van der Waals surface area contributed by atoms with E-state index in [4.69, 9.17) is 0 Å². The molecule has 2 nitrogen and oxygen atoms in total. The summed E-state index contributed by atoms with van der Waals surface area (Å²) in [5.41, 5.74) is 0.602. The van der Waals surface area contributed by atoms with Crippen molar-refractivity contribution in [2.45, 2.75) is 45.1 Å². The second-order valence-electron chi connectivity index (χ2n) is 6.11. The summed E-state index contributed by atoms with van der Waals surface area (Å²) in [4.78, 5) is 5.23. The number of alkyl halides is 1. The summed E-state index contributed by atoms with van der Waals surface area (Å²) in [7, 11) is 2.31. The third-order valence-corrected chi connectivity index (χ3v) is 5.92. The molecule has 1 aliphatic carbocycles. The molecule has 0 bridgehead atoms. The van der Waals surface area contributed by atoms with Crippen LogP contribution in [-0.4, -0.2) is 54.4 Å². The summed E-state index contributed by atoms with van der Waals surface area (Å²) in [5.74, 6) is 0. The molecule has 0 N–H and O–H groups in total. The predicted molar refractivity (Wildman–Crippen MR) is 77.8 cm³/mol. The lowest BCUT2D eigenvalue weighted by Crippen LogP contribution is -2.46. The Balaban J connectivity index is 1.78. The van der Waals surface area contributed by atoms with Gasteiger partial charge < -0.3 is 4.90 Å². The minimum absolute atomic E-state index is 0.602. The minimum atomic E-state index is 0.602. The maximum Gasteiger partial charge on any atom is 0.0223 e. The molecule has 0 amide bonds. The molecular formula is C14H27BrN2. The minimum Gasteiger partial charge on any atom is -0.304 e. The van der Waals surface area contributed by atoms with E-state index in [-0.39, 0.29) is 0 Å². The number of hydrogen-bond donors (Lipinski definition) is 0. The zero-order valence-electron chi connectivity index (χ0n) is 11.4. The van der Waals surface area contributed by atoms with Crippen LogP contribution >= 0.6 is 15.9 Å². The van der Waals surface area contributed by atoms with Gasteiger partial charge in [-0.3, -0.25) is 4.90 Å². The van der Waals surface area contributed by atoms with E-state index in [2.05, 4.69) is 39.7 Å². The van der Waals surface area contributed by atoms with Crippen molar-refractivity contribution in [2.24, 2.45) is 5.41 Å². The Labute approximate surface area is 115 Å². The molecule has 17 heavy (non-hydrogen) atoms. The Morgan fingerprint density at radius 2 is 2.12 bits per heavy atom. The van der Waals surface area contributed by atoms with Gasteiger partial charge in [-0.05, 0) is 51.2 Å². The van der Waals surface area contributed by atoms with Gasteiger partial charge in [0.2, 0.25) is 0 Å². The second kappa shape index (κ2) is 6.03. The van der Waals surface area contributed by atoms with Crippen molar-refractivity contribution in [3.63, 3.8) is 0 Å². The summed E-state index contributed by atoms with van der Waals surface area (Å²) in [5, 5.41) is 1.19. The maximum atomic E-state index is 3.71. The molecule has 1 heterocycles. The molecular weight excluding hydrogens is 276 g/mol. The number of hydrogen-bond acceptors (Lipinski definition) is 2. The molecule has 0 spiro atoms. The zero-order valence-corrected chi connectivity index (χ0v) is 13.0. The molecule has 1 aliphatic heterocycles. The van der Waals surface area contributed by atoms with E-state index in [1.54, 1.807) is 0 Å². The van der Waals surface area contributed by atoms with Crippen LogP contribution in [0.5, 0.6) is 0 Å². The zero-order chi connectivity index (χ0) is 12.3. The number of nitrogens with zero attached hydrogens (tertiary/aromatic N) is 2. The van der Waals surface area contributed by atoms with E-state index in [1.807, 2.05) is 0 Å². The molecule has 3 heteroatoms. The monoisotopic (exact) mass is 302 g/mol. The summed E-state index contributed by atoms with van der Waals surface area (Å²) >= 11 is 3.71. The van der Waals surface area contributed by atoms with Gasteiger partial charge in [0.1, 0.15) is 0 Å². The first kappa shape index (κ1) is 13.8. The number of likely N-dealkylation sites (tertiary alicyclic amines) is 1. The van der Waals surface area contributed by atoms with Crippen molar-refractivity contribution in [2.75, 3.05) is 38.6 Å². The van der Waals surface area contributed by atoms with Gasteiger partial charge in [0.15, 0.2) is 0 Å². The van der Waals surface area contributed by atoms with Crippen LogP contribution in [-0.2, 0) is 0 Å². The summed E-state index contributed by atoms with van der Waals surface area (Å²) < 4.78 is 0. The molecule has 2 rings (SSSR count). The third-order valence-electron chi connectivity index (χ3n) is 4.73. The Morgan fingerprint density at radius 1 is 1.35 bits per heavy atom. The first-order chi connectivity index (χ1) is 8.19. The van der Waals surface area contributed by atoms with E-state index in [0.717, 1.165) is 6.04 Å². The number of rotatable bonds is 6. The summed E-state index contributed by atoms with van der Waals surface area (Å²) in [6.07, 6.45) is 7.08. The third kappa shape index (κ3) is 3.24. The molecule has 1 saturated heterocycles. The van der Waals surface area contributed by atoms with E-state index in [0.29, 0.717) is 5.41 Å². The molecule has 0 aromatic rings. The van der Waals surface area contributed by atoms with Crippen LogP contribution in [0.2, 0.25) is 0 Å². The molecule has 2 aliphatic rings. The van der Waals surface area contributed by atoms with Gasteiger partial charge in [0, 0.05) is 24.5 Å². The van der Waals surface area contributed by atoms with E-state index in [1.165, 1.54) is 63.6 Å². The van der Waals surface area contributed by atoms with Crippen LogP contribution in [0.25, 0.3) is 0 Å². The fourth-order valence-corrected chi connectivity index (χ4v) is 4.26. The van der Waals surface area contributed by atoms with E-state index < -0.39 is 0 Å². The van der Waals surface area contributed by atoms with E-state index in [9.17, 15) is 0 Å². The molecule has 0 aromatic carbocycles. The lowest BCUT2D eigenvalue weighted by Gasteiger charge is -2.44. The number of halogens is 1. The molecule has 1 atom stereocenters. The van der Waals surface area contributed by atoms with Crippen LogP contribution in [0.15, 0.2) is 0 Å². The van der Waals surface area contributed by atoms with Crippen LogP contribution in [0, 0.1) is 5.41 Å². The molecule has 2 fully saturated rings. The normalized spacial score (nSPS) is 28.6. The average Bonchev–Trinajstić information content (AvgIpc) is 2.70. The van der Waals surface area contributed by atoms with Gasteiger partial charge in [0.25, 0.3) is 0 Å². The van der Waals surface area contributed by atoms with Gasteiger partial charge in [-0.25, -0.2) is 0 Å². The van der Waals surface area contributed by atoms with Crippen molar-refractivity contribution >= 4 is 15.9 Å². The second-order valence-corrected chi connectivity index (χ2v) is 6.67. The fraction of sp³-hybridized carbons (Fsp3) is 1.00. The lowest BCUT2D eigenvalue weighted by molar-refractivity contribution is 0.0897. The van der Waals surface area contributed by atoms with Crippen LogP contribution < -0.4 is 0 Å². The molecule has 1 unspecified atom stereocenters. The van der Waals surface area contributed by atoms with Crippen LogP contribution in [0.3, 0.4) is 0 Å². The van der Waals surface area contributed by atoms with Crippen LogP contribution in [0.1, 0.15) is 39.0 Å². The average molecular weight is 303 g/mol. The Kier molecular flexibility index (Phi) is 4.90. The van der Waals surface area contributed by atoms with Gasteiger partial charge in [-0.2, -0.15) is 0 Å². The maximum absolute atomic E-state index is 3.71. The topological polar surface area (TPSA) is 6.48 Å². The van der Waals surface area contributed by atoms with Crippen molar-refractivity contribution in [1.29, 1.82) is 0 Å². The smallest absolute Gasteiger partial charge is 0.0223 e. The van der Waals surface area contributed by atoms with Crippen molar-refractivity contribution in [3.8, 4) is 0 Å². The molecule has 0 aromatic heterocycles. The Bertz CT molecular complexity index is 235. The highest BCUT2D eigenvalue weighted by Crippen LogP contribution is 2.42. The standard InChI is InChI=1S/C14H27BrN2/c1-3-17-9-4-6-13(17)10-16(2)12-14(11-15)7-5-8-14/h13H,3-12H2,1-2H3. The lowest BCUT2D eigenvalue weighted by atomic mass is 9.70. The Morgan fingerprint density at radius 3 is 2.65 bits per heavy atom. The van der Waals surface area contributed by atoms with Gasteiger partial charge >= 0.3 is 0 Å². The predicted octanol–water partition coefficient (Wildman–Crippen LogP) is 2.97. The molecule has 1 saturated carbocycles. The van der Waals surface area contributed by atoms with E-state index >= 15 is 0 Å². The molecule has 100 valence electrons. The number of likely N-dealkylation sites (N-methyl/N-ethyl adjacent to an activating group) is 2. The highest BCUT2D eigenvalue weighted by molar-refractivity contribution is 9.09. The van der Waals surface area contributed by atoms with Crippen molar-refractivity contribution < 1.29 is 0 Å². The SMILES string of the molecule is CCN1CCCC1CN(C)CC1(CBr)CCC1. The summed E-state index contributed by atoms with van der Waals surface area (Å²) in [6, 6.07) is 0.817. The van der Waals surface area contributed by atoms with Gasteiger partial charge in [-0.1, -0.05) is 29.3 Å². The first-order valence-electron chi connectivity index (χ1n) is 7.18. The Hall–Kier alpha value is 0.400. The van der Waals surface area contributed by atoms with Gasteiger partial charge in [0.05, 0.1) is 0 Å². The van der Waals surface area contributed by atoms with Crippen molar-refractivity contribution in [1.82, 2.24) is 9.80 Å². The highest BCUT2D eigenvalue weighted by Gasteiger charge is 2.37. The highest BCUT2D eigenvalue weighted by atomic mass is 79.9. The largest absolute Gasteiger partial charge is 0.304 e. The van der Waals surface area contributed by atoms with Crippen molar-refractivity contribution in [3.05, 3.63) is 0 Å². The quantitative estimate of drug-likeness (QED) is 0.696. The van der Waals surface area contributed by atoms with Crippen LogP contribution in [0.4, 0.5) is 0 Å². The van der Waals surface area contributed by atoms with Gasteiger partial charge in [-0.15, -0.1) is 0 Å². The molecule has 0 radical (unpaired) electrons.